The number of rotatable bonds is 4. The lowest BCUT2D eigenvalue weighted by Gasteiger charge is -2.36. The number of carboxylic acids is 1. The first kappa shape index (κ1) is 17.8. The van der Waals surface area contributed by atoms with Gasteiger partial charge in [-0.15, -0.1) is 0 Å². The van der Waals surface area contributed by atoms with Crippen molar-refractivity contribution >= 4 is 17.9 Å². The molecule has 1 aliphatic heterocycles. The molecule has 2 fully saturated rings. The fourth-order valence-electron chi connectivity index (χ4n) is 3.92. The molecule has 2 atom stereocenters. The van der Waals surface area contributed by atoms with E-state index in [-0.39, 0.29) is 24.0 Å². The monoisotopic (exact) mass is 349 g/mol. The molecule has 0 aromatic heterocycles. The van der Waals surface area contributed by atoms with Crippen LogP contribution in [0.25, 0.3) is 0 Å². The van der Waals surface area contributed by atoms with Crippen molar-refractivity contribution in [3.05, 3.63) is 12.2 Å². The Labute approximate surface area is 147 Å². The van der Waals surface area contributed by atoms with E-state index in [1.165, 1.54) is 19.3 Å². The highest BCUT2D eigenvalue weighted by Crippen LogP contribution is 2.28. The zero-order valence-corrected chi connectivity index (χ0v) is 14.4. The fourth-order valence-corrected chi connectivity index (χ4v) is 3.92. The van der Waals surface area contributed by atoms with Crippen LogP contribution in [0.15, 0.2) is 12.2 Å². The van der Waals surface area contributed by atoms with Gasteiger partial charge in [-0.1, -0.05) is 31.4 Å². The van der Waals surface area contributed by atoms with Crippen molar-refractivity contribution in [3.8, 4) is 0 Å². The van der Waals surface area contributed by atoms with Crippen LogP contribution in [0.1, 0.15) is 44.9 Å². The van der Waals surface area contributed by atoms with E-state index in [0.717, 1.165) is 12.8 Å². The summed E-state index contributed by atoms with van der Waals surface area (Å²) in [4.78, 5) is 37.3. The molecule has 25 heavy (non-hydrogen) atoms. The first-order valence-electron chi connectivity index (χ1n) is 9.31. The molecule has 138 valence electrons. The number of aliphatic carboxylic acids is 1. The number of carbonyl (C=O) groups excluding carboxylic acids is 2. The largest absolute Gasteiger partial charge is 0.481 e. The maximum absolute atomic E-state index is 12.4. The Morgan fingerprint density at radius 3 is 1.92 bits per heavy atom. The number of hydrogen-bond donors (Lipinski definition) is 3. The number of amides is 3. The van der Waals surface area contributed by atoms with Crippen LogP contribution >= 0.6 is 0 Å². The number of likely N-dealkylation sites (tertiary alicyclic amines) is 1. The molecule has 7 heteroatoms. The van der Waals surface area contributed by atoms with Gasteiger partial charge in [0.1, 0.15) is 0 Å². The number of piperidine rings is 1. The lowest BCUT2D eigenvalue weighted by Crippen LogP contribution is -2.52. The first-order chi connectivity index (χ1) is 12.0. The van der Waals surface area contributed by atoms with Crippen molar-refractivity contribution in [2.24, 2.45) is 11.8 Å². The zero-order valence-electron chi connectivity index (χ0n) is 14.4. The Bertz CT molecular complexity index is 549. The first-order valence-corrected chi connectivity index (χ1v) is 9.31. The summed E-state index contributed by atoms with van der Waals surface area (Å²) in [5.41, 5.74) is 0. The molecule has 3 aliphatic rings. The van der Waals surface area contributed by atoms with Crippen LogP contribution in [0.4, 0.5) is 4.79 Å². The molecule has 3 amide bonds. The molecule has 0 unspecified atom stereocenters. The van der Waals surface area contributed by atoms with E-state index >= 15 is 0 Å². The molecule has 1 saturated heterocycles. The van der Waals surface area contributed by atoms with Crippen LogP contribution < -0.4 is 10.6 Å². The molecule has 3 rings (SSSR count). The summed E-state index contributed by atoms with van der Waals surface area (Å²) in [6, 6.07) is 0.248. The van der Waals surface area contributed by atoms with Crippen molar-refractivity contribution in [2.45, 2.75) is 57.0 Å². The van der Waals surface area contributed by atoms with Gasteiger partial charge in [0.05, 0.1) is 11.8 Å². The highest BCUT2D eigenvalue weighted by molar-refractivity contribution is 5.89. The zero-order chi connectivity index (χ0) is 17.8. The smallest absolute Gasteiger partial charge is 0.315 e. The van der Waals surface area contributed by atoms with E-state index < -0.39 is 17.8 Å². The van der Waals surface area contributed by atoms with Crippen molar-refractivity contribution < 1.29 is 19.5 Å². The van der Waals surface area contributed by atoms with Crippen molar-refractivity contribution in [3.63, 3.8) is 0 Å². The maximum atomic E-state index is 12.4. The third-order valence-electron chi connectivity index (χ3n) is 5.57. The summed E-state index contributed by atoms with van der Waals surface area (Å²) in [6.45, 7) is 1.12. The Hall–Kier alpha value is -2.05. The maximum Gasteiger partial charge on any atom is 0.315 e. The van der Waals surface area contributed by atoms with E-state index in [1.807, 2.05) is 0 Å². The Kier molecular flexibility index (Phi) is 5.60. The molecule has 0 spiro atoms. The number of nitrogens with zero attached hydrogens (tertiary/aromatic N) is 1. The van der Waals surface area contributed by atoms with Crippen LogP contribution in [0.2, 0.25) is 0 Å². The van der Waals surface area contributed by atoms with Crippen molar-refractivity contribution in [1.29, 1.82) is 0 Å². The lowest BCUT2D eigenvalue weighted by atomic mass is 9.81. The van der Waals surface area contributed by atoms with Gasteiger partial charge in [0.25, 0.3) is 0 Å². The van der Waals surface area contributed by atoms with Gasteiger partial charge < -0.3 is 20.6 Å². The topological polar surface area (TPSA) is 98.7 Å². The summed E-state index contributed by atoms with van der Waals surface area (Å²) in [5.74, 6) is -2.28. The van der Waals surface area contributed by atoms with Gasteiger partial charge in [-0.25, -0.2) is 4.79 Å². The molecule has 0 aromatic rings. The van der Waals surface area contributed by atoms with E-state index in [4.69, 9.17) is 5.11 Å². The predicted octanol–water partition coefficient (Wildman–Crippen LogP) is 1.50. The predicted molar refractivity (Wildman–Crippen MR) is 91.9 cm³/mol. The molecule has 2 aliphatic carbocycles. The Morgan fingerprint density at radius 2 is 1.40 bits per heavy atom. The highest BCUT2D eigenvalue weighted by atomic mass is 16.4. The molecule has 1 heterocycles. The molecule has 3 N–H and O–H groups in total. The summed E-state index contributed by atoms with van der Waals surface area (Å²) in [5, 5.41) is 15.1. The number of carbonyl (C=O) groups is 3. The second kappa shape index (κ2) is 7.89. The van der Waals surface area contributed by atoms with E-state index in [2.05, 4.69) is 10.6 Å². The second-order valence-corrected chi connectivity index (χ2v) is 7.33. The summed E-state index contributed by atoms with van der Waals surface area (Å²) < 4.78 is 0. The Morgan fingerprint density at radius 1 is 0.840 bits per heavy atom. The SMILES string of the molecule is O=C(NC1CCCCC1)NC1CCN(C(=O)[C@H]2C=C[C@H]2C(=O)O)CC1. The van der Waals surface area contributed by atoms with Crippen molar-refractivity contribution in [1.82, 2.24) is 15.5 Å². The minimum Gasteiger partial charge on any atom is -0.481 e. The quantitative estimate of drug-likeness (QED) is 0.670. The van der Waals surface area contributed by atoms with Gasteiger partial charge in [-0.05, 0) is 25.7 Å². The molecule has 0 radical (unpaired) electrons. The molecular formula is C18H27N3O4. The number of carboxylic acid groups (broad SMARTS) is 1. The van der Waals surface area contributed by atoms with Crippen LogP contribution in [0, 0.1) is 11.8 Å². The summed E-state index contributed by atoms with van der Waals surface area (Å²) >= 11 is 0. The Balaban J connectivity index is 1.39. The van der Waals surface area contributed by atoms with Crippen LogP contribution in [-0.4, -0.2) is 53.1 Å². The normalized spacial score (nSPS) is 27.4. The molecule has 0 bridgehead atoms. The number of urea groups is 1. The van der Waals surface area contributed by atoms with Crippen LogP contribution in [0.5, 0.6) is 0 Å². The third kappa shape index (κ3) is 4.32. The van der Waals surface area contributed by atoms with Gasteiger partial charge >= 0.3 is 12.0 Å². The van der Waals surface area contributed by atoms with Crippen LogP contribution in [0.3, 0.4) is 0 Å². The third-order valence-corrected chi connectivity index (χ3v) is 5.57. The van der Waals surface area contributed by atoms with E-state index in [9.17, 15) is 14.4 Å². The van der Waals surface area contributed by atoms with Gasteiger partial charge in [0.2, 0.25) is 5.91 Å². The number of hydrogen-bond acceptors (Lipinski definition) is 3. The average molecular weight is 349 g/mol. The summed E-state index contributed by atoms with van der Waals surface area (Å²) in [6.07, 6.45) is 10.4. The highest BCUT2D eigenvalue weighted by Gasteiger charge is 2.39. The minimum atomic E-state index is -0.947. The van der Waals surface area contributed by atoms with Crippen LogP contribution in [-0.2, 0) is 9.59 Å². The van der Waals surface area contributed by atoms with Crippen molar-refractivity contribution in [2.75, 3.05) is 13.1 Å². The average Bonchev–Trinajstić information content (AvgIpc) is 2.54. The van der Waals surface area contributed by atoms with Gasteiger partial charge in [-0.2, -0.15) is 0 Å². The molecule has 0 aromatic carbocycles. The van der Waals surface area contributed by atoms with Gasteiger partial charge in [0.15, 0.2) is 0 Å². The summed E-state index contributed by atoms with van der Waals surface area (Å²) in [7, 11) is 0. The fraction of sp³-hybridized carbons (Fsp3) is 0.722. The van der Waals surface area contributed by atoms with Gasteiger partial charge in [0, 0.05) is 25.2 Å². The molecular weight excluding hydrogens is 322 g/mol. The van der Waals surface area contributed by atoms with E-state index in [0.29, 0.717) is 25.9 Å². The number of nitrogens with one attached hydrogen (secondary N) is 2. The standard InChI is InChI=1S/C18H27N3O4/c22-16(14-6-7-15(14)17(23)24)21-10-8-13(9-11-21)20-18(25)19-12-4-2-1-3-5-12/h6-7,12-15H,1-5,8-11H2,(H,23,24)(H2,19,20,25)/t14-,15+/m0/s1. The minimum absolute atomic E-state index is 0.0693. The molecule has 7 nitrogen and oxygen atoms in total. The second-order valence-electron chi connectivity index (χ2n) is 7.33. The van der Waals surface area contributed by atoms with Gasteiger partial charge in [-0.3, -0.25) is 9.59 Å². The lowest BCUT2D eigenvalue weighted by molar-refractivity contribution is -0.148. The molecule has 1 saturated carbocycles. The van der Waals surface area contributed by atoms with E-state index in [1.54, 1.807) is 17.1 Å².